The van der Waals surface area contributed by atoms with E-state index in [1.165, 1.54) is 6.07 Å². The Balaban J connectivity index is 1.82. The van der Waals surface area contributed by atoms with Crippen molar-refractivity contribution in [1.29, 1.82) is 0 Å². The second-order valence-corrected chi connectivity index (χ2v) is 8.68. The fourth-order valence-electron chi connectivity index (χ4n) is 4.42. The average molecular weight is 429 g/mol. The number of rotatable bonds is 9. The van der Waals surface area contributed by atoms with Crippen molar-refractivity contribution in [2.24, 2.45) is 11.8 Å². The third kappa shape index (κ3) is 6.05. The van der Waals surface area contributed by atoms with Gasteiger partial charge in [-0.25, -0.2) is 4.39 Å². The smallest absolute Gasteiger partial charge is 0.225 e. The summed E-state index contributed by atoms with van der Waals surface area (Å²) in [4.78, 5) is 17.0. The van der Waals surface area contributed by atoms with Crippen LogP contribution in [-0.4, -0.2) is 60.7 Å². The molecule has 0 aromatic heterocycles. The Morgan fingerprint density at radius 1 is 1.23 bits per heavy atom. The molecule has 0 bridgehead atoms. The predicted molar refractivity (Wildman–Crippen MR) is 119 cm³/mol. The number of carbonyl (C=O) groups is 1. The third-order valence-corrected chi connectivity index (χ3v) is 6.00. The van der Waals surface area contributed by atoms with Crippen LogP contribution in [0.15, 0.2) is 48.5 Å². The van der Waals surface area contributed by atoms with Gasteiger partial charge in [0.15, 0.2) is 0 Å². The predicted octanol–water partition coefficient (Wildman–Crippen LogP) is 3.88. The molecular formula is C25H33FN2O3. The number of phenols is 1. The van der Waals surface area contributed by atoms with Gasteiger partial charge in [0.1, 0.15) is 11.6 Å². The molecule has 5 nitrogen and oxygen atoms in total. The summed E-state index contributed by atoms with van der Waals surface area (Å²) < 4.78 is 19.2. The average Bonchev–Trinajstić information content (AvgIpc) is 3.14. The highest BCUT2D eigenvalue weighted by Crippen LogP contribution is 2.35. The second kappa shape index (κ2) is 10.7. The summed E-state index contributed by atoms with van der Waals surface area (Å²) in [5.41, 5.74) is 1.82. The monoisotopic (exact) mass is 428 g/mol. The molecule has 1 aliphatic rings. The highest BCUT2D eigenvalue weighted by Gasteiger charge is 2.36. The first-order valence-electron chi connectivity index (χ1n) is 10.9. The van der Waals surface area contributed by atoms with Gasteiger partial charge in [-0.05, 0) is 29.7 Å². The minimum atomic E-state index is -0.245. The Hall–Kier alpha value is -2.44. The summed E-state index contributed by atoms with van der Waals surface area (Å²) in [6.07, 6.45) is 0. The molecule has 31 heavy (non-hydrogen) atoms. The number of phenolic OH excluding ortho intramolecular Hbond substituents is 1. The van der Waals surface area contributed by atoms with Crippen molar-refractivity contribution in [3.05, 3.63) is 65.5 Å². The molecule has 1 fully saturated rings. The lowest BCUT2D eigenvalue weighted by Crippen LogP contribution is -2.41. The van der Waals surface area contributed by atoms with E-state index in [1.54, 1.807) is 25.3 Å². The van der Waals surface area contributed by atoms with Gasteiger partial charge in [0.25, 0.3) is 0 Å². The largest absolute Gasteiger partial charge is 0.508 e. The molecule has 168 valence electrons. The molecule has 1 amide bonds. The molecule has 2 aromatic rings. The number of ether oxygens (including phenoxy) is 1. The van der Waals surface area contributed by atoms with E-state index in [2.05, 4.69) is 4.90 Å². The van der Waals surface area contributed by atoms with Crippen molar-refractivity contribution in [2.45, 2.75) is 26.3 Å². The normalized spacial score (nSPS) is 19.1. The minimum Gasteiger partial charge on any atom is -0.508 e. The molecule has 2 atom stereocenters. The first-order chi connectivity index (χ1) is 14.9. The van der Waals surface area contributed by atoms with E-state index in [9.17, 15) is 14.3 Å². The Morgan fingerprint density at radius 3 is 2.68 bits per heavy atom. The van der Waals surface area contributed by atoms with E-state index in [4.69, 9.17) is 4.74 Å². The van der Waals surface area contributed by atoms with Crippen LogP contribution in [0.3, 0.4) is 0 Å². The lowest BCUT2D eigenvalue weighted by atomic mass is 9.88. The number of benzene rings is 2. The summed E-state index contributed by atoms with van der Waals surface area (Å²) in [5, 5.41) is 10.2. The van der Waals surface area contributed by atoms with Crippen LogP contribution in [0.1, 0.15) is 30.9 Å². The zero-order valence-corrected chi connectivity index (χ0v) is 18.6. The van der Waals surface area contributed by atoms with Crippen LogP contribution in [0.25, 0.3) is 0 Å². The van der Waals surface area contributed by atoms with Crippen LogP contribution in [0, 0.1) is 17.7 Å². The van der Waals surface area contributed by atoms with Gasteiger partial charge in [-0.15, -0.1) is 0 Å². The van der Waals surface area contributed by atoms with Crippen LogP contribution in [-0.2, 0) is 16.1 Å². The SMILES string of the molecule is COCCN(CC1CN(Cc2ccccc2O)CC1c1cccc(F)c1)C(=O)C(C)C. The van der Waals surface area contributed by atoms with Gasteiger partial charge in [-0.1, -0.05) is 44.2 Å². The number of hydrogen-bond donors (Lipinski definition) is 1. The van der Waals surface area contributed by atoms with Crippen molar-refractivity contribution in [3.63, 3.8) is 0 Å². The molecule has 1 saturated heterocycles. The van der Waals surface area contributed by atoms with E-state index in [0.29, 0.717) is 26.2 Å². The van der Waals surface area contributed by atoms with Gasteiger partial charge in [0.2, 0.25) is 5.91 Å². The van der Waals surface area contributed by atoms with Crippen molar-refractivity contribution < 1.29 is 19.0 Å². The van der Waals surface area contributed by atoms with Gasteiger partial charge in [-0.2, -0.15) is 0 Å². The summed E-state index contributed by atoms with van der Waals surface area (Å²) in [6, 6.07) is 14.1. The van der Waals surface area contributed by atoms with E-state index >= 15 is 0 Å². The van der Waals surface area contributed by atoms with E-state index < -0.39 is 0 Å². The number of aromatic hydroxyl groups is 1. The van der Waals surface area contributed by atoms with Gasteiger partial charge >= 0.3 is 0 Å². The fraction of sp³-hybridized carbons (Fsp3) is 0.480. The zero-order valence-electron chi connectivity index (χ0n) is 18.6. The van der Waals surface area contributed by atoms with E-state index in [0.717, 1.165) is 24.2 Å². The molecule has 1 N–H and O–H groups in total. The standard InChI is InChI=1S/C25H33FN2O3/c1-18(2)25(30)28(11-12-31-3)16-21-15-27(14-20-7-4-5-10-24(20)29)17-23(21)19-8-6-9-22(26)13-19/h4-10,13,18,21,23,29H,11-12,14-17H2,1-3H3. The number of carbonyl (C=O) groups excluding carboxylic acids is 1. The number of para-hydroxylation sites is 1. The van der Waals surface area contributed by atoms with Crippen molar-refractivity contribution in [3.8, 4) is 5.75 Å². The summed E-state index contributed by atoms with van der Waals surface area (Å²) in [6.45, 7) is 7.57. The molecular weight excluding hydrogens is 395 g/mol. The van der Waals surface area contributed by atoms with Crippen molar-refractivity contribution in [1.82, 2.24) is 9.80 Å². The Kier molecular flexibility index (Phi) is 8.04. The first kappa shape index (κ1) is 23.2. The van der Waals surface area contributed by atoms with Gasteiger partial charge in [0.05, 0.1) is 6.61 Å². The van der Waals surface area contributed by atoms with E-state index in [-0.39, 0.29) is 35.2 Å². The van der Waals surface area contributed by atoms with Crippen LogP contribution < -0.4 is 0 Å². The van der Waals surface area contributed by atoms with Gasteiger partial charge < -0.3 is 14.7 Å². The van der Waals surface area contributed by atoms with Crippen LogP contribution in [0.4, 0.5) is 4.39 Å². The van der Waals surface area contributed by atoms with Crippen LogP contribution in [0.5, 0.6) is 5.75 Å². The first-order valence-corrected chi connectivity index (χ1v) is 10.9. The molecule has 3 rings (SSSR count). The van der Waals surface area contributed by atoms with Crippen LogP contribution >= 0.6 is 0 Å². The van der Waals surface area contributed by atoms with Crippen LogP contribution in [0.2, 0.25) is 0 Å². The summed E-state index contributed by atoms with van der Waals surface area (Å²) in [7, 11) is 1.64. The molecule has 0 spiro atoms. The number of hydrogen-bond acceptors (Lipinski definition) is 4. The lowest BCUT2D eigenvalue weighted by molar-refractivity contribution is -0.135. The van der Waals surface area contributed by atoms with Crippen molar-refractivity contribution in [2.75, 3.05) is 39.9 Å². The minimum absolute atomic E-state index is 0.0942. The molecule has 6 heteroatoms. The third-order valence-electron chi connectivity index (χ3n) is 6.00. The Bertz CT molecular complexity index is 873. The zero-order chi connectivity index (χ0) is 22.4. The van der Waals surface area contributed by atoms with Gasteiger partial charge in [0, 0.05) is 57.2 Å². The Morgan fingerprint density at radius 2 is 2.00 bits per heavy atom. The molecule has 0 saturated carbocycles. The maximum atomic E-state index is 14.0. The van der Waals surface area contributed by atoms with Gasteiger partial charge in [-0.3, -0.25) is 9.69 Å². The number of likely N-dealkylation sites (tertiary alicyclic amines) is 1. The molecule has 0 radical (unpaired) electrons. The topological polar surface area (TPSA) is 53.0 Å². The second-order valence-electron chi connectivity index (χ2n) is 8.68. The highest BCUT2D eigenvalue weighted by molar-refractivity contribution is 5.78. The number of methoxy groups -OCH3 is 1. The maximum absolute atomic E-state index is 14.0. The number of amides is 1. The molecule has 1 aliphatic heterocycles. The quantitative estimate of drug-likeness (QED) is 0.659. The highest BCUT2D eigenvalue weighted by atomic mass is 19.1. The van der Waals surface area contributed by atoms with E-state index in [1.807, 2.05) is 43.0 Å². The molecule has 1 heterocycles. The molecule has 2 unspecified atom stereocenters. The molecule has 2 aromatic carbocycles. The maximum Gasteiger partial charge on any atom is 0.225 e. The number of nitrogens with zero attached hydrogens (tertiary/aromatic N) is 2. The Labute approximate surface area is 184 Å². The number of halogens is 1. The summed E-state index contributed by atoms with van der Waals surface area (Å²) in [5.74, 6) is 0.311. The van der Waals surface area contributed by atoms with Crippen molar-refractivity contribution >= 4 is 5.91 Å². The summed E-state index contributed by atoms with van der Waals surface area (Å²) >= 11 is 0. The lowest BCUT2D eigenvalue weighted by Gasteiger charge is -2.29. The molecule has 0 aliphatic carbocycles. The fourth-order valence-corrected chi connectivity index (χ4v) is 4.42.